The first-order chi connectivity index (χ1) is 5.63. The average molecular weight is 167 g/mol. The largest absolute Gasteiger partial charge is 0.469 e. The first-order valence-corrected chi connectivity index (χ1v) is 3.87. The summed E-state index contributed by atoms with van der Waals surface area (Å²) in [6, 6.07) is 3.60. The van der Waals surface area contributed by atoms with Crippen molar-refractivity contribution in [3.63, 3.8) is 0 Å². The second-order valence-electron chi connectivity index (χ2n) is 2.97. The van der Waals surface area contributed by atoms with Crippen LogP contribution in [0.3, 0.4) is 0 Å². The Morgan fingerprint density at radius 1 is 1.58 bits per heavy atom. The van der Waals surface area contributed by atoms with Crippen LogP contribution in [0.1, 0.15) is 18.6 Å². The van der Waals surface area contributed by atoms with Crippen molar-refractivity contribution in [3.05, 3.63) is 24.2 Å². The van der Waals surface area contributed by atoms with Crippen molar-refractivity contribution in [2.24, 2.45) is 0 Å². The molecule has 12 heavy (non-hydrogen) atoms. The van der Waals surface area contributed by atoms with Crippen LogP contribution in [-0.4, -0.2) is 24.9 Å². The lowest BCUT2D eigenvalue weighted by atomic mass is 10.1. The zero-order chi connectivity index (χ0) is 9.14. The van der Waals surface area contributed by atoms with Crippen molar-refractivity contribution in [2.75, 3.05) is 14.1 Å². The van der Waals surface area contributed by atoms with Gasteiger partial charge in [0, 0.05) is 14.1 Å². The number of furan rings is 1. The first kappa shape index (κ1) is 8.84. The zero-order valence-electron chi connectivity index (χ0n) is 7.57. The van der Waals surface area contributed by atoms with Gasteiger partial charge in [0.1, 0.15) is 5.76 Å². The molecule has 1 aromatic heterocycles. The standard InChI is InChI=1S/C9H13NO2/c1-7(9(11)10(2)3)8-5-4-6-12-8/h4-7H,1-3H3. The summed E-state index contributed by atoms with van der Waals surface area (Å²) in [5.74, 6) is 0.591. The molecule has 0 N–H and O–H groups in total. The molecule has 1 heterocycles. The molecule has 0 aliphatic rings. The molecule has 0 fully saturated rings. The van der Waals surface area contributed by atoms with Gasteiger partial charge in [-0.05, 0) is 19.1 Å². The van der Waals surface area contributed by atoms with Crippen LogP contribution in [0.5, 0.6) is 0 Å². The summed E-state index contributed by atoms with van der Waals surface area (Å²) in [4.78, 5) is 13.0. The van der Waals surface area contributed by atoms with E-state index in [2.05, 4.69) is 0 Å². The molecule has 66 valence electrons. The van der Waals surface area contributed by atoms with Gasteiger partial charge in [0.05, 0.1) is 12.2 Å². The second-order valence-corrected chi connectivity index (χ2v) is 2.97. The fourth-order valence-electron chi connectivity index (χ4n) is 1.05. The predicted molar refractivity (Wildman–Crippen MR) is 45.8 cm³/mol. The monoisotopic (exact) mass is 167 g/mol. The molecule has 3 nitrogen and oxygen atoms in total. The van der Waals surface area contributed by atoms with E-state index in [0.29, 0.717) is 5.76 Å². The van der Waals surface area contributed by atoms with E-state index in [9.17, 15) is 4.79 Å². The molecule has 3 heteroatoms. The lowest BCUT2D eigenvalue weighted by molar-refractivity contribution is -0.130. The van der Waals surface area contributed by atoms with Gasteiger partial charge in [-0.25, -0.2) is 0 Å². The molecule has 1 aromatic rings. The van der Waals surface area contributed by atoms with Gasteiger partial charge >= 0.3 is 0 Å². The number of hydrogen-bond donors (Lipinski definition) is 0. The zero-order valence-corrected chi connectivity index (χ0v) is 7.57. The van der Waals surface area contributed by atoms with Crippen molar-refractivity contribution in [3.8, 4) is 0 Å². The van der Waals surface area contributed by atoms with Gasteiger partial charge < -0.3 is 9.32 Å². The Bertz CT molecular complexity index is 252. The van der Waals surface area contributed by atoms with Crippen molar-refractivity contribution >= 4 is 5.91 Å². The van der Waals surface area contributed by atoms with E-state index < -0.39 is 0 Å². The van der Waals surface area contributed by atoms with Crippen LogP contribution in [0.4, 0.5) is 0 Å². The number of carbonyl (C=O) groups excluding carboxylic acids is 1. The lowest BCUT2D eigenvalue weighted by Gasteiger charge is -2.14. The third-order valence-electron chi connectivity index (χ3n) is 1.78. The fourth-order valence-corrected chi connectivity index (χ4v) is 1.05. The van der Waals surface area contributed by atoms with Crippen molar-refractivity contribution in [1.82, 2.24) is 4.90 Å². The fraction of sp³-hybridized carbons (Fsp3) is 0.444. The van der Waals surface area contributed by atoms with Crippen molar-refractivity contribution in [2.45, 2.75) is 12.8 Å². The minimum Gasteiger partial charge on any atom is -0.469 e. The minimum atomic E-state index is -0.185. The van der Waals surface area contributed by atoms with Crippen molar-refractivity contribution < 1.29 is 9.21 Å². The van der Waals surface area contributed by atoms with E-state index in [1.165, 1.54) is 0 Å². The number of carbonyl (C=O) groups is 1. The molecule has 1 rings (SSSR count). The van der Waals surface area contributed by atoms with E-state index >= 15 is 0 Å². The SMILES string of the molecule is CC(C(=O)N(C)C)c1ccco1. The maximum Gasteiger partial charge on any atom is 0.232 e. The van der Waals surface area contributed by atoms with E-state index in [4.69, 9.17) is 4.42 Å². The highest BCUT2D eigenvalue weighted by atomic mass is 16.3. The summed E-state index contributed by atoms with van der Waals surface area (Å²) in [5, 5.41) is 0. The van der Waals surface area contributed by atoms with E-state index in [0.717, 1.165) is 0 Å². The van der Waals surface area contributed by atoms with Crippen LogP contribution in [0.25, 0.3) is 0 Å². The molecule has 0 aliphatic heterocycles. The van der Waals surface area contributed by atoms with Crippen LogP contribution < -0.4 is 0 Å². The van der Waals surface area contributed by atoms with Gasteiger partial charge in [0.2, 0.25) is 5.91 Å². The predicted octanol–water partition coefficient (Wildman–Crippen LogP) is 1.47. The van der Waals surface area contributed by atoms with Gasteiger partial charge in [0.25, 0.3) is 0 Å². The number of likely N-dealkylation sites (N-methyl/N-ethyl adjacent to an activating group) is 1. The molecular formula is C9H13NO2. The molecule has 0 aromatic carbocycles. The van der Waals surface area contributed by atoms with E-state index in [1.807, 2.05) is 13.0 Å². The topological polar surface area (TPSA) is 33.5 Å². The molecule has 0 radical (unpaired) electrons. The molecule has 1 amide bonds. The molecule has 1 atom stereocenters. The van der Waals surface area contributed by atoms with Crippen LogP contribution >= 0.6 is 0 Å². The molecule has 1 unspecified atom stereocenters. The number of rotatable bonds is 2. The number of nitrogens with zero attached hydrogens (tertiary/aromatic N) is 1. The van der Waals surface area contributed by atoms with Gasteiger partial charge in [-0.1, -0.05) is 0 Å². The maximum absolute atomic E-state index is 11.4. The third kappa shape index (κ3) is 1.67. The summed E-state index contributed by atoms with van der Waals surface area (Å²) in [6.45, 7) is 1.83. The highest BCUT2D eigenvalue weighted by Crippen LogP contribution is 2.16. The summed E-state index contributed by atoms with van der Waals surface area (Å²) >= 11 is 0. The Hall–Kier alpha value is -1.25. The Morgan fingerprint density at radius 2 is 2.25 bits per heavy atom. The van der Waals surface area contributed by atoms with Crippen LogP contribution in [0.2, 0.25) is 0 Å². The van der Waals surface area contributed by atoms with Gasteiger partial charge in [-0.15, -0.1) is 0 Å². The van der Waals surface area contributed by atoms with Crippen LogP contribution in [0.15, 0.2) is 22.8 Å². The summed E-state index contributed by atoms with van der Waals surface area (Å²) in [7, 11) is 3.48. The van der Waals surface area contributed by atoms with E-state index in [-0.39, 0.29) is 11.8 Å². The molecular weight excluding hydrogens is 154 g/mol. The first-order valence-electron chi connectivity index (χ1n) is 3.87. The van der Waals surface area contributed by atoms with Crippen LogP contribution in [-0.2, 0) is 4.79 Å². The second kappa shape index (κ2) is 3.43. The third-order valence-corrected chi connectivity index (χ3v) is 1.78. The molecule has 0 saturated carbocycles. The average Bonchev–Trinajstić information content (AvgIpc) is 2.53. The maximum atomic E-state index is 11.4. The summed E-state index contributed by atoms with van der Waals surface area (Å²) in [6.07, 6.45) is 1.58. The molecule has 0 spiro atoms. The van der Waals surface area contributed by atoms with Gasteiger partial charge in [0.15, 0.2) is 0 Å². The van der Waals surface area contributed by atoms with Gasteiger partial charge in [-0.2, -0.15) is 0 Å². The smallest absolute Gasteiger partial charge is 0.232 e. The Morgan fingerprint density at radius 3 is 2.67 bits per heavy atom. The number of amides is 1. The van der Waals surface area contributed by atoms with E-state index in [1.54, 1.807) is 31.3 Å². The number of hydrogen-bond acceptors (Lipinski definition) is 2. The summed E-state index contributed by atoms with van der Waals surface area (Å²) in [5.41, 5.74) is 0. The normalized spacial score (nSPS) is 12.6. The molecule has 0 aliphatic carbocycles. The highest BCUT2D eigenvalue weighted by Gasteiger charge is 2.18. The van der Waals surface area contributed by atoms with Gasteiger partial charge in [-0.3, -0.25) is 4.79 Å². The quantitative estimate of drug-likeness (QED) is 0.668. The highest BCUT2D eigenvalue weighted by molar-refractivity contribution is 5.82. The van der Waals surface area contributed by atoms with Crippen LogP contribution in [0, 0.1) is 0 Å². The summed E-state index contributed by atoms with van der Waals surface area (Å²) < 4.78 is 5.12. The lowest BCUT2D eigenvalue weighted by Crippen LogP contribution is -2.26. The minimum absolute atomic E-state index is 0.0601. The van der Waals surface area contributed by atoms with Crippen molar-refractivity contribution in [1.29, 1.82) is 0 Å². The Balaban J connectivity index is 2.72. The molecule has 0 bridgehead atoms. The Kier molecular flexibility index (Phi) is 2.53. The Labute approximate surface area is 72.0 Å². The molecule has 0 saturated heterocycles.